The van der Waals surface area contributed by atoms with Crippen LogP contribution in [0, 0.1) is 6.92 Å². The van der Waals surface area contributed by atoms with Gasteiger partial charge in [0, 0.05) is 17.8 Å². The van der Waals surface area contributed by atoms with Gasteiger partial charge < -0.3 is 10.6 Å². The fraction of sp³-hybridized carbons (Fsp3) is 0.375. The lowest BCUT2D eigenvalue weighted by atomic mass is 10.2. The Balaban J connectivity index is 2.33. The lowest BCUT2D eigenvalue weighted by Crippen LogP contribution is -2.18. The zero-order chi connectivity index (χ0) is 17.0. The number of hydrogen-bond donors (Lipinski definition) is 2. The molecule has 0 unspecified atom stereocenters. The number of nitrogens with one attached hydrogen (secondary N) is 2. The Kier molecular flexibility index (Phi) is 5.08. The monoisotopic (exact) mass is 324 g/mol. The SMILES string of the molecule is CC[C@@H](C)Nc1nc(Nc2ccc(C)cc2)cc(C(F)(F)F)n1. The maximum absolute atomic E-state index is 13.0. The fourth-order valence-electron chi connectivity index (χ4n) is 1.83. The number of nitrogens with zero attached hydrogens (tertiary/aromatic N) is 2. The fourth-order valence-corrected chi connectivity index (χ4v) is 1.83. The molecule has 2 aromatic rings. The number of aromatic nitrogens is 2. The number of halogens is 3. The number of hydrogen-bond acceptors (Lipinski definition) is 4. The van der Waals surface area contributed by atoms with E-state index in [4.69, 9.17) is 0 Å². The molecule has 0 bridgehead atoms. The van der Waals surface area contributed by atoms with Crippen molar-refractivity contribution in [3.05, 3.63) is 41.6 Å². The van der Waals surface area contributed by atoms with Gasteiger partial charge in [0.25, 0.3) is 0 Å². The third kappa shape index (κ3) is 4.84. The molecule has 1 heterocycles. The van der Waals surface area contributed by atoms with Crippen molar-refractivity contribution in [1.29, 1.82) is 0 Å². The van der Waals surface area contributed by atoms with Gasteiger partial charge in [-0.15, -0.1) is 0 Å². The van der Waals surface area contributed by atoms with Crippen LogP contribution < -0.4 is 10.6 Å². The maximum Gasteiger partial charge on any atom is 0.433 e. The van der Waals surface area contributed by atoms with Gasteiger partial charge in [0.1, 0.15) is 5.82 Å². The van der Waals surface area contributed by atoms with Crippen molar-refractivity contribution >= 4 is 17.5 Å². The van der Waals surface area contributed by atoms with Crippen LogP contribution in [0.4, 0.5) is 30.6 Å². The predicted molar refractivity (Wildman–Crippen MR) is 84.9 cm³/mol. The average Bonchev–Trinajstić information content (AvgIpc) is 2.48. The predicted octanol–water partition coefficient (Wildman–Crippen LogP) is 4.76. The lowest BCUT2D eigenvalue weighted by molar-refractivity contribution is -0.141. The summed E-state index contributed by atoms with van der Waals surface area (Å²) in [7, 11) is 0. The highest BCUT2D eigenvalue weighted by atomic mass is 19.4. The number of alkyl halides is 3. The van der Waals surface area contributed by atoms with Crippen LogP contribution in [0.3, 0.4) is 0 Å². The van der Waals surface area contributed by atoms with Crippen molar-refractivity contribution in [2.24, 2.45) is 0 Å². The lowest BCUT2D eigenvalue weighted by Gasteiger charge is -2.15. The molecule has 4 nitrogen and oxygen atoms in total. The molecule has 2 rings (SSSR count). The topological polar surface area (TPSA) is 49.8 Å². The Morgan fingerprint density at radius 3 is 2.35 bits per heavy atom. The molecule has 2 N–H and O–H groups in total. The summed E-state index contributed by atoms with van der Waals surface area (Å²) in [5.41, 5.74) is 0.748. The highest BCUT2D eigenvalue weighted by Gasteiger charge is 2.33. The minimum Gasteiger partial charge on any atom is -0.352 e. The number of anilines is 3. The molecule has 124 valence electrons. The molecule has 0 saturated heterocycles. The zero-order valence-electron chi connectivity index (χ0n) is 13.2. The van der Waals surface area contributed by atoms with Crippen LogP contribution in [0.15, 0.2) is 30.3 Å². The van der Waals surface area contributed by atoms with E-state index in [1.165, 1.54) is 0 Å². The van der Waals surface area contributed by atoms with Crippen molar-refractivity contribution < 1.29 is 13.2 Å². The molecule has 23 heavy (non-hydrogen) atoms. The van der Waals surface area contributed by atoms with E-state index >= 15 is 0 Å². The highest BCUT2D eigenvalue weighted by molar-refractivity contribution is 5.58. The van der Waals surface area contributed by atoms with Crippen LogP contribution in [0.5, 0.6) is 0 Å². The number of benzene rings is 1. The van der Waals surface area contributed by atoms with E-state index in [1.54, 1.807) is 12.1 Å². The van der Waals surface area contributed by atoms with Crippen molar-refractivity contribution in [2.75, 3.05) is 10.6 Å². The normalized spacial score (nSPS) is 12.8. The first-order valence-electron chi connectivity index (χ1n) is 7.34. The van der Waals surface area contributed by atoms with E-state index in [9.17, 15) is 13.2 Å². The maximum atomic E-state index is 13.0. The third-order valence-corrected chi connectivity index (χ3v) is 3.33. The molecular formula is C16H19F3N4. The van der Waals surface area contributed by atoms with Crippen molar-refractivity contribution in [2.45, 2.75) is 39.4 Å². The average molecular weight is 324 g/mol. The summed E-state index contributed by atoms with van der Waals surface area (Å²) in [4.78, 5) is 7.68. The number of aryl methyl sites for hydroxylation is 1. The molecule has 1 aromatic carbocycles. The van der Waals surface area contributed by atoms with Gasteiger partial charge in [0.15, 0.2) is 5.69 Å². The van der Waals surface area contributed by atoms with Gasteiger partial charge in [-0.3, -0.25) is 0 Å². The summed E-state index contributed by atoms with van der Waals surface area (Å²) in [6.45, 7) is 5.72. The quantitative estimate of drug-likeness (QED) is 0.833. The zero-order valence-corrected chi connectivity index (χ0v) is 13.2. The first-order chi connectivity index (χ1) is 10.8. The van der Waals surface area contributed by atoms with Crippen LogP contribution >= 0.6 is 0 Å². The van der Waals surface area contributed by atoms with Gasteiger partial charge in [0.2, 0.25) is 5.95 Å². The van der Waals surface area contributed by atoms with E-state index in [0.717, 1.165) is 18.1 Å². The summed E-state index contributed by atoms with van der Waals surface area (Å²) in [6.07, 6.45) is -3.78. The van der Waals surface area contributed by atoms with Crippen LogP contribution in [0.1, 0.15) is 31.5 Å². The molecule has 1 atom stereocenters. The first-order valence-corrected chi connectivity index (χ1v) is 7.34. The molecule has 0 radical (unpaired) electrons. The second-order valence-electron chi connectivity index (χ2n) is 5.40. The van der Waals surface area contributed by atoms with Gasteiger partial charge in [-0.05, 0) is 32.4 Å². The van der Waals surface area contributed by atoms with Crippen LogP contribution in [-0.4, -0.2) is 16.0 Å². The van der Waals surface area contributed by atoms with Crippen molar-refractivity contribution in [3.63, 3.8) is 0 Å². The van der Waals surface area contributed by atoms with Crippen LogP contribution in [0.25, 0.3) is 0 Å². The molecule has 0 aliphatic carbocycles. The molecule has 0 amide bonds. The smallest absolute Gasteiger partial charge is 0.352 e. The van der Waals surface area contributed by atoms with Crippen molar-refractivity contribution in [1.82, 2.24) is 9.97 Å². The summed E-state index contributed by atoms with van der Waals surface area (Å²) in [5, 5.41) is 5.76. The Labute approximate surface area is 133 Å². The minimum absolute atomic E-state index is 0.0225. The molecule has 0 saturated carbocycles. The summed E-state index contributed by atoms with van der Waals surface area (Å²) >= 11 is 0. The summed E-state index contributed by atoms with van der Waals surface area (Å²) < 4.78 is 39.0. The molecule has 0 fully saturated rings. The van der Waals surface area contributed by atoms with E-state index in [2.05, 4.69) is 20.6 Å². The van der Waals surface area contributed by atoms with Gasteiger partial charge in [-0.25, -0.2) is 4.98 Å². The molecule has 7 heteroatoms. The molecule has 0 spiro atoms. The van der Waals surface area contributed by atoms with Gasteiger partial charge >= 0.3 is 6.18 Å². The summed E-state index contributed by atoms with van der Waals surface area (Å²) in [6, 6.07) is 8.19. The molecular weight excluding hydrogens is 305 g/mol. The van der Waals surface area contributed by atoms with E-state index in [-0.39, 0.29) is 17.8 Å². The van der Waals surface area contributed by atoms with Gasteiger partial charge in [0.05, 0.1) is 0 Å². The van der Waals surface area contributed by atoms with Crippen molar-refractivity contribution in [3.8, 4) is 0 Å². The second-order valence-corrected chi connectivity index (χ2v) is 5.40. The highest BCUT2D eigenvalue weighted by Crippen LogP contribution is 2.30. The Hall–Kier alpha value is -2.31. The number of rotatable bonds is 5. The molecule has 1 aromatic heterocycles. The standard InChI is InChI=1S/C16H19F3N4/c1-4-11(3)20-15-22-13(16(17,18)19)9-14(23-15)21-12-7-5-10(2)6-8-12/h5-9,11H,4H2,1-3H3,(H2,20,21,22,23)/t11-/m1/s1. The van der Waals surface area contributed by atoms with Gasteiger partial charge in [-0.2, -0.15) is 18.2 Å². The van der Waals surface area contributed by atoms with E-state index < -0.39 is 11.9 Å². The summed E-state index contributed by atoms with van der Waals surface area (Å²) in [5.74, 6) is 0.0609. The van der Waals surface area contributed by atoms with Crippen LogP contribution in [0.2, 0.25) is 0 Å². The Morgan fingerprint density at radius 2 is 1.78 bits per heavy atom. The van der Waals surface area contributed by atoms with Gasteiger partial charge in [-0.1, -0.05) is 24.6 Å². The van der Waals surface area contributed by atoms with Crippen LogP contribution in [-0.2, 0) is 6.18 Å². The molecule has 0 aliphatic rings. The molecule has 0 aliphatic heterocycles. The minimum atomic E-state index is -4.53. The Bertz CT molecular complexity index is 653. The van der Waals surface area contributed by atoms with E-state index in [1.807, 2.05) is 32.9 Å². The van der Waals surface area contributed by atoms with E-state index in [0.29, 0.717) is 5.69 Å². The first kappa shape index (κ1) is 17.1. The largest absolute Gasteiger partial charge is 0.433 e. The third-order valence-electron chi connectivity index (χ3n) is 3.33. The second kappa shape index (κ2) is 6.85. The Morgan fingerprint density at radius 1 is 1.13 bits per heavy atom.